The van der Waals surface area contributed by atoms with Gasteiger partial charge in [-0.1, -0.05) is 6.07 Å². The van der Waals surface area contributed by atoms with Gasteiger partial charge in [-0.3, -0.25) is 4.79 Å². The van der Waals surface area contributed by atoms with Crippen molar-refractivity contribution >= 4 is 5.78 Å². The molecule has 0 amide bonds. The van der Waals surface area contributed by atoms with E-state index in [1.54, 1.807) is 12.1 Å². The molecule has 0 aliphatic heterocycles. The molecular weight excluding hydrogens is 216 g/mol. The van der Waals surface area contributed by atoms with Gasteiger partial charge in [-0.15, -0.1) is 0 Å². The van der Waals surface area contributed by atoms with E-state index >= 15 is 0 Å². The zero-order valence-electron chi connectivity index (χ0n) is 9.90. The minimum Gasteiger partial charge on any atom is -0.485 e. The second kappa shape index (κ2) is 4.87. The van der Waals surface area contributed by atoms with E-state index in [0.29, 0.717) is 11.5 Å². The van der Waals surface area contributed by atoms with Gasteiger partial charge >= 0.3 is 0 Å². The van der Waals surface area contributed by atoms with E-state index < -0.39 is 0 Å². The third-order valence-electron chi connectivity index (χ3n) is 2.36. The van der Waals surface area contributed by atoms with Gasteiger partial charge in [-0.25, -0.2) is 0 Å². The molecule has 2 aromatic rings. The van der Waals surface area contributed by atoms with Gasteiger partial charge < -0.3 is 9.15 Å². The highest BCUT2D eigenvalue weighted by molar-refractivity contribution is 5.94. The van der Waals surface area contributed by atoms with E-state index in [4.69, 9.17) is 9.15 Å². The fourth-order valence-electron chi connectivity index (χ4n) is 1.67. The first-order valence-corrected chi connectivity index (χ1v) is 5.43. The maximum absolute atomic E-state index is 11.6. The first kappa shape index (κ1) is 11.5. The lowest BCUT2D eigenvalue weighted by Crippen LogP contribution is -2.10. The molecule has 0 aliphatic carbocycles. The van der Waals surface area contributed by atoms with E-state index in [9.17, 15) is 4.79 Å². The van der Waals surface area contributed by atoms with Crippen molar-refractivity contribution in [3.05, 3.63) is 53.5 Å². The Morgan fingerprint density at radius 1 is 1.24 bits per heavy atom. The van der Waals surface area contributed by atoms with Gasteiger partial charge in [0.15, 0.2) is 12.4 Å². The topological polar surface area (TPSA) is 39.4 Å². The van der Waals surface area contributed by atoms with Crippen molar-refractivity contribution in [1.29, 1.82) is 0 Å². The summed E-state index contributed by atoms with van der Waals surface area (Å²) in [6.07, 6.45) is 1.48. The van der Waals surface area contributed by atoms with Crippen LogP contribution < -0.4 is 4.74 Å². The third kappa shape index (κ3) is 2.97. The van der Waals surface area contributed by atoms with Crippen molar-refractivity contribution in [1.82, 2.24) is 0 Å². The molecule has 0 bridgehead atoms. The van der Waals surface area contributed by atoms with Crippen LogP contribution in [0.15, 0.2) is 41.0 Å². The maximum atomic E-state index is 11.6. The number of benzene rings is 1. The van der Waals surface area contributed by atoms with Gasteiger partial charge in [0.2, 0.25) is 5.78 Å². The minimum absolute atomic E-state index is 0.00356. The third-order valence-corrected chi connectivity index (χ3v) is 2.36. The average Bonchev–Trinajstić information content (AvgIpc) is 2.78. The van der Waals surface area contributed by atoms with Gasteiger partial charge in [0.1, 0.15) is 5.75 Å². The Bertz CT molecular complexity index is 492. The highest BCUT2D eigenvalue weighted by Gasteiger charge is 2.09. The molecule has 3 nitrogen and oxygen atoms in total. The number of hydrogen-bond acceptors (Lipinski definition) is 3. The summed E-state index contributed by atoms with van der Waals surface area (Å²) in [7, 11) is 0. The Kier molecular flexibility index (Phi) is 3.28. The van der Waals surface area contributed by atoms with Gasteiger partial charge in [0.25, 0.3) is 0 Å². The number of ketones is 1. The lowest BCUT2D eigenvalue weighted by molar-refractivity contribution is 0.0893. The minimum atomic E-state index is -0.158. The number of ether oxygens (including phenoxy) is 1. The highest BCUT2D eigenvalue weighted by Crippen LogP contribution is 2.16. The molecule has 0 saturated carbocycles. The molecule has 0 fully saturated rings. The van der Waals surface area contributed by atoms with Crippen molar-refractivity contribution in [3.63, 3.8) is 0 Å². The molecule has 0 spiro atoms. The smallest absolute Gasteiger partial charge is 0.235 e. The fraction of sp³-hybridized carbons (Fsp3) is 0.214. The van der Waals surface area contributed by atoms with Crippen molar-refractivity contribution in [3.8, 4) is 5.75 Å². The Balaban J connectivity index is 2.00. The maximum Gasteiger partial charge on any atom is 0.235 e. The molecular formula is C14H14O3. The van der Waals surface area contributed by atoms with E-state index in [2.05, 4.69) is 6.07 Å². The quantitative estimate of drug-likeness (QED) is 0.757. The van der Waals surface area contributed by atoms with Crippen LogP contribution in [0.4, 0.5) is 0 Å². The lowest BCUT2D eigenvalue weighted by Gasteiger charge is -2.06. The largest absolute Gasteiger partial charge is 0.485 e. The molecule has 0 radical (unpaired) electrons. The molecule has 0 saturated heterocycles. The summed E-state index contributed by atoms with van der Waals surface area (Å²) < 4.78 is 10.4. The summed E-state index contributed by atoms with van der Waals surface area (Å²) in [5.41, 5.74) is 2.23. The molecule has 88 valence electrons. The van der Waals surface area contributed by atoms with E-state index in [-0.39, 0.29) is 12.4 Å². The van der Waals surface area contributed by atoms with Gasteiger partial charge in [-0.2, -0.15) is 0 Å². The summed E-state index contributed by atoms with van der Waals surface area (Å²) in [4.78, 5) is 11.6. The SMILES string of the molecule is Cc1cc(C)cc(OCC(=O)c2ccco2)c1. The van der Waals surface area contributed by atoms with Gasteiger partial charge in [0, 0.05) is 0 Å². The summed E-state index contributed by atoms with van der Waals surface area (Å²) in [5, 5.41) is 0. The zero-order valence-corrected chi connectivity index (χ0v) is 9.90. The first-order chi connectivity index (χ1) is 8.15. The van der Waals surface area contributed by atoms with Crippen molar-refractivity contribution in [2.24, 2.45) is 0 Å². The second-order valence-corrected chi connectivity index (χ2v) is 4.01. The number of carbonyl (C=O) groups excluding carboxylic acids is 1. The van der Waals surface area contributed by atoms with Crippen molar-refractivity contribution in [2.45, 2.75) is 13.8 Å². The number of aryl methyl sites for hydroxylation is 2. The second-order valence-electron chi connectivity index (χ2n) is 4.01. The standard InChI is InChI=1S/C14H14O3/c1-10-6-11(2)8-12(7-10)17-9-13(15)14-4-3-5-16-14/h3-8H,9H2,1-2H3. The van der Waals surface area contributed by atoms with Crippen LogP contribution >= 0.6 is 0 Å². The van der Waals surface area contributed by atoms with Gasteiger partial charge in [-0.05, 0) is 49.2 Å². The normalized spacial score (nSPS) is 10.2. The Morgan fingerprint density at radius 3 is 2.53 bits per heavy atom. The van der Waals surface area contributed by atoms with Crippen LogP contribution in [0.5, 0.6) is 5.75 Å². The Morgan fingerprint density at radius 2 is 1.94 bits per heavy atom. The number of Topliss-reactive ketones (excluding diaryl/α,β-unsaturated/α-hetero) is 1. The molecule has 1 heterocycles. The summed E-state index contributed by atoms with van der Waals surface area (Å²) in [6.45, 7) is 3.98. The monoisotopic (exact) mass is 230 g/mol. The average molecular weight is 230 g/mol. The summed E-state index contributed by atoms with van der Waals surface area (Å²) in [5.74, 6) is 0.881. The Labute approximate surface area is 100 Å². The van der Waals surface area contributed by atoms with Crippen LogP contribution in [0, 0.1) is 13.8 Å². The van der Waals surface area contributed by atoms with Gasteiger partial charge in [0.05, 0.1) is 6.26 Å². The van der Waals surface area contributed by atoms with Crippen LogP contribution in [0.3, 0.4) is 0 Å². The number of carbonyl (C=O) groups is 1. The fourth-order valence-corrected chi connectivity index (χ4v) is 1.67. The molecule has 3 heteroatoms. The Hall–Kier alpha value is -2.03. The molecule has 1 aromatic heterocycles. The summed E-state index contributed by atoms with van der Waals surface area (Å²) in [6, 6.07) is 9.18. The van der Waals surface area contributed by atoms with Crippen molar-refractivity contribution < 1.29 is 13.9 Å². The molecule has 0 unspecified atom stereocenters. The number of rotatable bonds is 4. The molecule has 0 N–H and O–H groups in total. The highest BCUT2D eigenvalue weighted by atomic mass is 16.5. The summed E-state index contributed by atoms with van der Waals surface area (Å²) >= 11 is 0. The van der Waals surface area contributed by atoms with Crippen molar-refractivity contribution in [2.75, 3.05) is 6.61 Å². The molecule has 17 heavy (non-hydrogen) atoms. The van der Waals surface area contributed by atoms with E-state index in [0.717, 1.165) is 11.1 Å². The van der Waals surface area contributed by atoms with Crippen LogP contribution in [-0.4, -0.2) is 12.4 Å². The van der Waals surface area contributed by atoms with E-state index in [1.165, 1.54) is 6.26 Å². The molecule has 1 aromatic carbocycles. The van der Waals surface area contributed by atoms with Crippen LogP contribution in [0.1, 0.15) is 21.7 Å². The molecule has 0 aliphatic rings. The lowest BCUT2D eigenvalue weighted by atomic mass is 10.1. The first-order valence-electron chi connectivity index (χ1n) is 5.43. The van der Waals surface area contributed by atoms with Crippen LogP contribution in [0.2, 0.25) is 0 Å². The van der Waals surface area contributed by atoms with Crippen LogP contribution in [-0.2, 0) is 0 Å². The van der Waals surface area contributed by atoms with Crippen LogP contribution in [0.25, 0.3) is 0 Å². The number of hydrogen-bond donors (Lipinski definition) is 0. The molecule has 0 atom stereocenters. The zero-order chi connectivity index (χ0) is 12.3. The van der Waals surface area contributed by atoms with E-state index in [1.807, 2.05) is 26.0 Å². The predicted molar refractivity (Wildman–Crippen MR) is 64.4 cm³/mol. The predicted octanol–water partition coefficient (Wildman–Crippen LogP) is 3.16. The molecule has 2 rings (SSSR count). The number of furan rings is 1.